The van der Waals surface area contributed by atoms with E-state index in [9.17, 15) is 5.11 Å². The molecular weight excluding hydrogens is 226 g/mol. The van der Waals surface area contributed by atoms with E-state index in [0.717, 1.165) is 25.7 Å². The Morgan fingerprint density at radius 3 is 2.22 bits per heavy atom. The highest BCUT2D eigenvalue weighted by molar-refractivity contribution is 4.97. The van der Waals surface area contributed by atoms with Crippen LogP contribution in [0.2, 0.25) is 0 Å². The number of nitrogens with zero attached hydrogens (tertiary/aromatic N) is 1. The van der Waals surface area contributed by atoms with E-state index < -0.39 is 6.23 Å². The van der Waals surface area contributed by atoms with Crippen molar-refractivity contribution in [2.24, 2.45) is 5.41 Å². The summed E-state index contributed by atoms with van der Waals surface area (Å²) in [7, 11) is 0. The molecule has 1 N–H and O–H groups in total. The van der Waals surface area contributed by atoms with Gasteiger partial charge in [0.05, 0.1) is 6.10 Å². The molecule has 1 saturated heterocycles. The zero-order valence-electron chi connectivity index (χ0n) is 12.4. The zero-order chi connectivity index (χ0) is 13.4. The summed E-state index contributed by atoms with van der Waals surface area (Å²) in [5.41, 5.74) is 0.0447. The van der Waals surface area contributed by atoms with Crippen LogP contribution in [0.1, 0.15) is 72.6 Å². The minimum atomic E-state index is -0.449. The van der Waals surface area contributed by atoms with Crippen molar-refractivity contribution in [3.63, 3.8) is 0 Å². The van der Waals surface area contributed by atoms with Crippen molar-refractivity contribution in [2.45, 2.75) is 90.5 Å². The number of piperidine rings is 1. The number of hydrogen-bond donors (Lipinski definition) is 1. The molecule has 0 aromatic rings. The molecule has 1 unspecified atom stereocenters. The molecule has 18 heavy (non-hydrogen) atoms. The lowest BCUT2D eigenvalue weighted by Crippen LogP contribution is -2.62. The van der Waals surface area contributed by atoms with E-state index >= 15 is 0 Å². The largest absolute Gasteiger partial charge is 0.376 e. The van der Waals surface area contributed by atoms with Gasteiger partial charge in [0.15, 0.2) is 0 Å². The first kappa shape index (κ1) is 14.3. The fourth-order valence-electron chi connectivity index (χ4n) is 3.12. The van der Waals surface area contributed by atoms with Gasteiger partial charge in [-0.05, 0) is 44.9 Å². The maximum absolute atomic E-state index is 10.3. The fourth-order valence-corrected chi connectivity index (χ4v) is 3.12. The quantitative estimate of drug-likeness (QED) is 0.820. The van der Waals surface area contributed by atoms with E-state index in [2.05, 4.69) is 27.7 Å². The molecule has 1 saturated carbocycles. The molecule has 3 nitrogen and oxygen atoms in total. The van der Waals surface area contributed by atoms with Gasteiger partial charge >= 0.3 is 0 Å². The Morgan fingerprint density at radius 2 is 1.61 bits per heavy atom. The normalized spacial score (nSPS) is 33.5. The van der Waals surface area contributed by atoms with Gasteiger partial charge in [-0.3, -0.25) is 4.84 Å². The summed E-state index contributed by atoms with van der Waals surface area (Å²) in [5.74, 6) is 0. The van der Waals surface area contributed by atoms with Gasteiger partial charge < -0.3 is 5.11 Å². The Balaban J connectivity index is 2.07. The smallest absolute Gasteiger partial charge is 0.130 e. The molecule has 106 valence electrons. The Kier molecular flexibility index (Phi) is 4.05. The molecular formula is C15H29NO2. The highest BCUT2D eigenvalue weighted by Crippen LogP contribution is 2.45. The summed E-state index contributed by atoms with van der Waals surface area (Å²) in [6.45, 7) is 8.93. The van der Waals surface area contributed by atoms with E-state index in [0.29, 0.717) is 6.10 Å². The molecule has 3 heteroatoms. The van der Waals surface area contributed by atoms with E-state index in [-0.39, 0.29) is 11.0 Å². The maximum Gasteiger partial charge on any atom is 0.130 e. The molecule has 0 aromatic carbocycles. The lowest BCUT2D eigenvalue weighted by atomic mass is 9.68. The highest BCUT2D eigenvalue weighted by Gasteiger charge is 2.49. The van der Waals surface area contributed by atoms with Crippen LogP contribution in [0.4, 0.5) is 0 Å². The second kappa shape index (κ2) is 5.10. The molecule has 1 atom stereocenters. The summed E-state index contributed by atoms with van der Waals surface area (Å²) < 4.78 is 0. The van der Waals surface area contributed by atoms with Crippen LogP contribution in [0.5, 0.6) is 0 Å². The van der Waals surface area contributed by atoms with Gasteiger partial charge in [-0.25, -0.2) is 0 Å². The van der Waals surface area contributed by atoms with Crippen molar-refractivity contribution in [3.05, 3.63) is 0 Å². The van der Waals surface area contributed by atoms with Crippen LogP contribution < -0.4 is 0 Å². The van der Waals surface area contributed by atoms with Gasteiger partial charge in [0.1, 0.15) is 6.23 Å². The third-order valence-electron chi connectivity index (χ3n) is 5.32. The monoisotopic (exact) mass is 255 g/mol. The van der Waals surface area contributed by atoms with Gasteiger partial charge in [0.2, 0.25) is 0 Å². The van der Waals surface area contributed by atoms with Gasteiger partial charge in [0, 0.05) is 5.54 Å². The second-order valence-electron chi connectivity index (χ2n) is 7.15. The summed E-state index contributed by atoms with van der Waals surface area (Å²) in [5, 5.41) is 12.2. The van der Waals surface area contributed by atoms with Crippen LogP contribution in [0, 0.1) is 5.41 Å². The average molecular weight is 255 g/mol. The van der Waals surface area contributed by atoms with Crippen molar-refractivity contribution in [1.82, 2.24) is 5.06 Å². The SMILES string of the molecule is CC1(C)CCC(O)N(OC2CCCCC2)C1(C)C. The first-order chi connectivity index (χ1) is 8.34. The molecule has 1 aliphatic heterocycles. The number of hydrogen-bond acceptors (Lipinski definition) is 3. The molecule has 0 amide bonds. The molecule has 2 aliphatic rings. The predicted octanol–water partition coefficient (Wildman–Crippen LogP) is 3.47. The third kappa shape index (κ3) is 2.59. The Bertz CT molecular complexity index is 282. The zero-order valence-corrected chi connectivity index (χ0v) is 12.4. The van der Waals surface area contributed by atoms with Crippen molar-refractivity contribution in [1.29, 1.82) is 0 Å². The third-order valence-corrected chi connectivity index (χ3v) is 5.32. The Morgan fingerprint density at radius 1 is 1.00 bits per heavy atom. The Hall–Kier alpha value is -0.120. The van der Waals surface area contributed by atoms with Crippen molar-refractivity contribution in [3.8, 4) is 0 Å². The molecule has 1 aliphatic carbocycles. The average Bonchev–Trinajstić information content (AvgIpc) is 2.32. The number of aliphatic hydroxyl groups is 1. The number of aliphatic hydroxyl groups excluding tert-OH is 1. The van der Waals surface area contributed by atoms with Crippen LogP contribution in [-0.4, -0.2) is 28.0 Å². The first-order valence-electron chi connectivity index (χ1n) is 7.49. The molecule has 0 bridgehead atoms. The molecule has 0 aromatic heterocycles. The standard InChI is InChI=1S/C15H29NO2/c1-14(2)11-10-13(17)16(15(14,3)4)18-12-8-6-5-7-9-12/h12-13,17H,5-11H2,1-4H3. The van der Waals surface area contributed by atoms with E-state index in [1.54, 1.807) is 0 Å². The van der Waals surface area contributed by atoms with Crippen LogP contribution in [-0.2, 0) is 4.84 Å². The molecule has 0 spiro atoms. The lowest BCUT2D eigenvalue weighted by molar-refractivity contribution is -0.345. The van der Waals surface area contributed by atoms with Crippen molar-refractivity contribution in [2.75, 3.05) is 0 Å². The summed E-state index contributed by atoms with van der Waals surface area (Å²) in [6, 6.07) is 0. The number of rotatable bonds is 2. The predicted molar refractivity (Wildman–Crippen MR) is 72.9 cm³/mol. The van der Waals surface area contributed by atoms with E-state index in [1.165, 1.54) is 19.3 Å². The molecule has 0 radical (unpaired) electrons. The van der Waals surface area contributed by atoms with Gasteiger partial charge in [-0.1, -0.05) is 33.1 Å². The first-order valence-corrected chi connectivity index (χ1v) is 7.49. The summed E-state index contributed by atoms with van der Waals surface area (Å²) >= 11 is 0. The lowest BCUT2D eigenvalue weighted by Gasteiger charge is -2.55. The van der Waals surface area contributed by atoms with E-state index in [4.69, 9.17) is 4.84 Å². The minimum absolute atomic E-state index is 0.123. The van der Waals surface area contributed by atoms with Gasteiger partial charge in [-0.15, -0.1) is 0 Å². The topological polar surface area (TPSA) is 32.7 Å². The highest BCUT2D eigenvalue weighted by atomic mass is 16.7. The van der Waals surface area contributed by atoms with Crippen LogP contribution in [0.3, 0.4) is 0 Å². The Labute approximate surface area is 111 Å². The van der Waals surface area contributed by atoms with Crippen LogP contribution >= 0.6 is 0 Å². The number of hydroxylamine groups is 2. The molecule has 2 fully saturated rings. The fraction of sp³-hybridized carbons (Fsp3) is 1.00. The van der Waals surface area contributed by atoms with Gasteiger partial charge in [-0.2, -0.15) is 5.06 Å². The summed E-state index contributed by atoms with van der Waals surface area (Å²) in [6.07, 6.45) is 7.85. The molecule has 2 rings (SSSR count). The van der Waals surface area contributed by atoms with Crippen LogP contribution in [0.25, 0.3) is 0 Å². The minimum Gasteiger partial charge on any atom is -0.376 e. The van der Waals surface area contributed by atoms with Gasteiger partial charge in [0.25, 0.3) is 0 Å². The second-order valence-corrected chi connectivity index (χ2v) is 7.15. The van der Waals surface area contributed by atoms with Crippen LogP contribution in [0.15, 0.2) is 0 Å². The molecule has 1 heterocycles. The summed E-state index contributed by atoms with van der Waals surface area (Å²) in [4.78, 5) is 6.18. The van der Waals surface area contributed by atoms with E-state index in [1.807, 2.05) is 5.06 Å². The van der Waals surface area contributed by atoms with Crippen molar-refractivity contribution >= 4 is 0 Å². The maximum atomic E-state index is 10.3. The van der Waals surface area contributed by atoms with Crippen molar-refractivity contribution < 1.29 is 9.94 Å².